The summed E-state index contributed by atoms with van der Waals surface area (Å²) < 4.78 is 5.00. The molecule has 0 aliphatic rings. The quantitative estimate of drug-likeness (QED) is 0.891. The second-order valence-corrected chi connectivity index (χ2v) is 4.59. The first kappa shape index (κ1) is 12.4. The molecule has 0 amide bonds. The zero-order valence-corrected chi connectivity index (χ0v) is 10.6. The highest BCUT2D eigenvalue weighted by molar-refractivity contribution is 7.17. The average molecular weight is 265 g/mol. The molecule has 5 nitrogen and oxygen atoms in total. The van der Waals surface area contributed by atoms with E-state index < -0.39 is 5.97 Å². The van der Waals surface area contributed by atoms with Gasteiger partial charge in [-0.15, -0.1) is 11.3 Å². The molecular weight excluding hydrogens is 254 g/mol. The Kier molecular flexibility index (Phi) is 3.20. The second-order valence-electron chi connectivity index (χ2n) is 3.60. The fraction of sp³-hybridized carbons (Fsp3) is 0.167. The number of aromatic hydroxyl groups is 1. The minimum atomic E-state index is -1.02. The highest BCUT2D eigenvalue weighted by Crippen LogP contribution is 2.39. The van der Waals surface area contributed by atoms with Crippen LogP contribution >= 0.6 is 11.3 Å². The van der Waals surface area contributed by atoms with E-state index in [1.54, 1.807) is 25.1 Å². The van der Waals surface area contributed by atoms with Crippen LogP contribution in [0.4, 0.5) is 0 Å². The lowest BCUT2D eigenvalue weighted by molar-refractivity contribution is 0.0701. The number of rotatable bonds is 3. The number of aryl methyl sites for hydroxylation is 1. The van der Waals surface area contributed by atoms with Crippen LogP contribution in [0.3, 0.4) is 0 Å². The summed E-state index contributed by atoms with van der Waals surface area (Å²) >= 11 is 1.03. The molecule has 0 fully saturated rings. The third kappa shape index (κ3) is 2.02. The zero-order chi connectivity index (χ0) is 13.3. The smallest absolute Gasteiger partial charge is 0.347 e. The van der Waals surface area contributed by atoms with Gasteiger partial charge in [-0.25, -0.2) is 9.78 Å². The average Bonchev–Trinajstić information content (AvgIpc) is 2.71. The standard InChI is InChI=1S/C12H11NO4S/c1-6-10(12(15)16)18-11(13-6)7-4-3-5-8(17-2)9(7)14/h3-5,14H,1-2H3,(H,15,16). The van der Waals surface area contributed by atoms with E-state index in [9.17, 15) is 9.90 Å². The Bertz CT molecular complexity index is 606. The first-order chi connectivity index (χ1) is 8.54. The topological polar surface area (TPSA) is 79.7 Å². The van der Waals surface area contributed by atoms with Crippen molar-refractivity contribution in [3.8, 4) is 22.1 Å². The van der Waals surface area contributed by atoms with Crippen molar-refractivity contribution in [2.24, 2.45) is 0 Å². The number of nitrogens with zero attached hydrogens (tertiary/aromatic N) is 1. The number of aromatic nitrogens is 1. The molecule has 94 valence electrons. The van der Waals surface area contributed by atoms with Crippen molar-refractivity contribution < 1.29 is 19.7 Å². The van der Waals surface area contributed by atoms with Crippen LogP contribution in [0.15, 0.2) is 18.2 Å². The van der Waals surface area contributed by atoms with E-state index >= 15 is 0 Å². The summed E-state index contributed by atoms with van der Waals surface area (Å²) in [7, 11) is 1.45. The minimum Gasteiger partial charge on any atom is -0.504 e. The van der Waals surface area contributed by atoms with E-state index in [-0.39, 0.29) is 10.6 Å². The number of carboxylic acid groups (broad SMARTS) is 1. The monoisotopic (exact) mass is 265 g/mol. The van der Waals surface area contributed by atoms with Crippen LogP contribution in [0, 0.1) is 6.92 Å². The lowest BCUT2D eigenvalue weighted by atomic mass is 10.2. The van der Waals surface area contributed by atoms with E-state index in [1.807, 2.05) is 0 Å². The van der Waals surface area contributed by atoms with Gasteiger partial charge in [0.2, 0.25) is 0 Å². The first-order valence-corrected chi connectivity index (χ1v) is 5.93. The highest BCUT2D eigenvalue weighted by Gasteiger charge is 2.18. The van der Waals surface area contributed by atoms with Gasteiger partial charge in [0.05, 0.1) is 18.4 Å². The van der Waals surface area contributed by atoms with Gasteiger partial charge >= 0.3 is 5.97 Å². The molecule has 1 heterocycles. The largest absolute Gasteiger partial charge is 0.504 e. The maximum absolute atomic E-state index is 11.0. The summed E-state index contributed by atoms with van der Waals surface area (Å²) in [6.07, 6.45) is 0. The summed E-state index contributed by atoms with van der Waals surface area (Å²) in [4.78, 5) is 15.3. The lowest BCUT2D eigenvalue weighted by Gasteiger charge is -2.05. The van der Waals surface area contributed by atoms with Gasteiger partial charge in [-0.05, 0) is 19.1 Å². The van der Waals surface area contributed by atoms with Crippen LogP contribution in [0.2, 0.25) is 0 Å². The van der Waals surface area contributed by atoms with Gasteiger partial charge in [-0.1, -0.05) is 6.07 Å². The normalized spacial score (nSPS) is 10.3. The van der Waals surface area contributed by atoms with E-state index in [0.717, 1.165) is 11.3 Å². The van der Waals surface area contributed by atoms with Crippen molar-refractivity contribution in [3.05, 3.63) is 28.8 Å². The molecule has 1 aromatic heterocycles. The molecule has 0 bridgehead atoms. The molecule has 0 aliphatic heterocycles. The number of thiazole rings is 1. The second kappa shape index (κ2) is 4.66. The Morgan fingerprint density at radius 3 is 2.72 bits per heavy atom. The van der Waals surface area contributed by atoms with E-state index in [0.29, 0.717) is 22.0 Å². The Labute approximate surface area is 107 Å². The Balaban J connectivity index is 2.56. The van der Waals surface area contributed by atoms with Crippen LogP contribution in [0.1, 0.15) is 15.4 Å². The highest BCUT2D eigenvalue weighted by atomic mass is 32.1. The van der Waals surface area contributed by atoms with Crippen molar-refractivity contribution in [2.75, 3.05) is 7.11 Å². The number of hydrogen-bond acceptors (Lipinski definition) is 5. The van der Waals surface area contributed by atoms with Gasteiger partial charge in [-0.2, -0.15) is 0 Å². The van der Waals surface area contributed by atoms with Crippen LogP contribution in [0.25, 0.3) is 10.6 Å². The summed E-state index contributed by atoms with van der Waals surface area (Å²) in [5.41, 5.74) is 0.902. The van der Waals surface area contributed by atoms with Crippen molar-refractivity contribution >= 4 is 17.3 Å². The zero-order valence-electron chi connectivity index (χ0n) is 9.80. The Morgan fingerprint density at radius 1 is 1.44 bits per heavy atom. The molecule has 2 N–H and O–H groups in total. The number of aromatic carboxylic acids is 1. The van der Waals surface area contributed by atoms with Gasteiger partial charge < -0.3 is 14.9 Å². The molecule has 18 heavy (non-hydrogen) atoms. The molecule has 0 atom stereocenters. The lowest BCUT2D eigenvalue weighted by Crippen LogP contribution is -1.94. The number of phenols is 1. The number of phenolic OH excluding ortho intramolecular Hbond substituents is 1. The van der Waals surface area contributed by atoms with Gasteiger partial charge in [0.25, 0.3) is 0 Å². The van der Waals surface area contributed by atoms with Crippen molar-refractivity contribution in [1.82, 2.24) is 4.98 Å². The van der Waals surface area contributed by atoms with E-state index in [1.165, 1.54) is 7.11 Å². The fourth-order valence-corrected chi connectivity index (χ4v) is 2.50. The van der Waals surface area contributed by atoms with Crippen LogP contribution in [0.5, 0.6) is 11.5 Å². The SMILES string of the molecule is COc1cccc(-c2nc(C)c(C(=O)O)s2)c1O. The Morgan fingerprint density at radius 2 is 2.17 bits per heavy atom. The van der Waals surface area contributed by atoms with Crippen molar-refractivity contribution in [2.45, 2.75) is 6.92 Å². The summed E-state index contributed by atoms with van der Waals surface area (Å²) in [5.74, 6) is -0.721. The first-order valence-electron chi connectivity index (χ1n) is 5.11. The molecule has 2 rings (SSSR count). The number of carbonyl (C=O) groups is 1. The summed E-state index contributed by atoms with van der Waals surface area (Å²) in [6, 6.07) is 5.00. The predicted molar refractivity (Wildman–Crippen MR) is 67.5 cm³/mol. The van der Waals surface area contributed by atoms with Crippen LogP contribution in [-0.4, -0.2) is 28.3 Å². The molecule has 0 aliphatic carbocycles. The molecule has 0 saturated heterocycles. The number of carboxylic acids is 1. The van der Waals surface area contributed by atoms with Crippen molar-refractivity contribution in [3.63, 3.8) is 0 Å². The summed E-state index contributed by atoms with van der Waals surface area (Å²) in [5, 5.41) is 19.4. The Hall–Kier alpha value is -2.08. The van der Waals surface area contributed by atoms with Gasteiger partial charge in [0.1, 0.15) is 9.88 Å². The van der Waals surface area contributed by atoms with E-state index in [4.69, 9.17) is 9.84 Å². The fourth-order valence-electron chi connectivity index (χ4n) is 1.57. The third-order valence-electron chi connectivity index (χ3n) is 2.44. The number of ether oxygens (including phenoxy) is 1. The number of benzene rings is 1. The van der Waals surface area contributed by atoms with Gasteiger partial charge in [0, 0.05) is 0 Å². The molecule has 0 unspecified atom stereocenters. The number of para-hydroxylation sites is 1. The molecule has 1 aromatic carbocycles. The van der Waals surface area contributed by atoms with Gasteiger partial charge in [0.15, 0.2) is 11.5 Å². The maximum Gasteiger partial charge on any atom is 0.347 e. The molecule has 0 spiro atoms. The van der Waals surface area contributed by atoms with Crippen LogP contribution in [-0.2, 0) is 0 Å². The van der Waals surface area contributed by atoms with Crippen molar-refractivity contribution in [1.29, 1.82) is 0 Å². The number of hydrogen-bond donors (Lipinski definition) is 2. The molecule has 0 radical (unpaired) electrons. The van der Waals surface area contributed by atoms with Gasteiger partial charge in [-0.3, -0.25) is 0 Å². The minimum absolute atomic E-state index is 0.0364. The predicted octanol–water partition coefficient (Wildman–Crippen LogP) is 2.53. The maximum atomic E-state index is 11.0. The molecule has 2 aromatic rings. The molecule has 0 saturated carbocycles. The third-order valence-corrected chi connectivity index (χ3v) is 3.62. The van der Waals surface area contributed by atoms with Crippen LogP contribution < -0.4 is 4.74 Å². The molecule has 6 heteroatoms. The van der Waals surface area contributed by atoms with E-state index in [2.05, 4.69) is 4.98 Å². The number of methoxy groups -OCH3 is 1. The molecular formula is C12H11NO4S. The summed E-state index contributed by atoms with van der Waals surface area (Å²) in [6.45, 7) is 1.63.